The summed E-state index contributed by atoms with van der Waals surface area (Å²) in [5.41, 5.74) is 0. The van der Waals surface area contributed by atoms with E-state index in [1.807, 2.05) is 0 Å². The van der Waals surface area contributed by atoms with E-state index >= 15 is 0 Å². The molecule has 0 saturated heterocycles. The van der Waals surface area contributed by atoms with Gasteiger partial charge >= 0.3 is 0 Å². The Hall–Kier alpha value is 1.48. The molecule has 0 atom stereocenters. The second-order valence-electron chi connectivity index (χ2n) is 0. The van der Waals surface area contributed by atoms with E-state index in [2.05, 4.69) is 0 Å². The molecule has 0 aromatic rings. The van der Waals surface area contributed by atoms with Gasteiger partial charge in [-0.15, -0.1) is 34.0 Å². The second kappa shape index (κ2) is 24.8. The Morgan fingerprint density at radius 2 is 0.750 bits per heavy atom. The molecule has 0 heterocycles. The van der Waals surface area contributed by atoms with Gasteiger partial charge in [-0.25, -0.2) is 0 Å². The van der Waals surface area contributed by atoms with Gasteiger partial charge in [0.1, 0.15) is 0 Å². The van der Waals surface area contributed by atoms with E-state index in [0.29, 0.717) is 0 Å². The van der Waals surface area contributed by atoms with Crippen LogP contribution >= 0.6 is 34.0 Å². The smallest absolute Gasteiger partial charge is 0 e. The van der Waals surface area contributed by atoms with E-state index in [9.17, 15) is 0 Å². The Morgan fingerprint density at radius 3 is 0.750 bits per heavy atom. The van der Waals surface area contributed by atoms with Gasteiger partial charge in [-0.05, 0) is 0 Å². The fourth-order valence-electron chi connectivity index (χ4n) is 0. The van der Waals surface area contributed by atoms with Gasteiger partial charge in [-0.2, -0.15) is 0 Å². The van der Waals surface area contributed by atoms with E-state index in [-0.39, 0.29) is 58.5 Å². The predicted octanol–water partition coefficient (Wildman–Crippen LogP) is 1.60. The maximum absolute atomic E-state index is 0. The average Bonchev–Trinajstić information content (AvgIpc) is 0. The van der Waals surface area contributed by atoms with Crippen LogP contribution in [0.25, 0.3) is 0 Å². The SMILES string of the molecule is Br.Br.[CH3-].[Mn]. The molecule has 0 rings (SSSR count). The summed E-state index contributed by atoms with van der Waals surface area (Å²) in [5, 5.41) is 0. The monoisotopic (exact) mass is 230 g/mol. The molecule has 0 aliphatic heterocycles. The van der Waals surface area contributed by atoms with Crippen LogP contribution < -0.4 is 0 Å². The molecule has 0 bridgehead atoms. The average molecular weight is 232 g/mol. The van der Waals surface area contributed by atoms with Crippen LogP contribution in [0.1, 0.15) is 0 Å². The molecule has 0 saturated carbocycles. The fraction of sp³-hybridized carbons (Fsp3) is 0. The minimum atomic E-state index is 0. The van der Waals surface area contributed by atoms with Crippen molar-refractivity contribution in [2.75, 3.05) is 0 Å². The summed E-state index contributed by atoms with van der Waals surface area (Å²) in [4.78, 5) is 0. The fourth-order valence-corrected chi connectivity index (χ4v) is 0. The van der Waals surface area contributed by atoms with Crippen LogP contribution in [0.5, 0.6) is 0 Å². The van der Waals surface area contributed by atoms with Crippen molar-refractivity contribution in [1.29, 1.82) is 0 Å². The van der Waals surface area contributed by atoms with E-state index < -0.39 is 0 Å². The van der Waals surface area contributed by atoms with Gasteiger partial charge in [0.25, 0.3) is 0 Å². The van der Waals surface area contributed by atoms with E-state index in [0.717, 1.165) is 0 Å². The third kappa shape index (κ3) is 9.77. The summed E-state index contributed by atoms with van der Waals surface area (Å²) < 4.78 is 0. The van der Waals surface area contributed by atoms with Crippen molar-refractivity contribution in [2.45, 2.75) is 0 Å². The van der Waals surface area contributed by atoms with Crippen molar-refractivity contribution in [2.24, 2.45) is 0 Å². The zero-order valence-electron chi connectivity index (χ0n) is 2.19. The first kappa shape index (κ1) is 50.2. The summed E-state index contributed by atoms with van der Waals surface area (Å²) >= 11 is 0. The normalized spacial score (nSPS) is 0. The first-order chi connectivity index (χ1) is 0. The van der Waals surface area contributed by atoms with Gasteiger partial charge in [0.2, 0.25) is 0 Å². The third-order valence-corrected chi connectivity index (χ3v) is 0. The van der Waals surface area contributed by atoms with Gasteiger partial charge < -0.3 is 7.43 Å². The molecule has 0 amide bonds. The number of hydrogen-bond acceptors (Lipinski definition) is 0. The molecule has 0 aromatic heterocycles. The van der Waals surface area contributed by atoms with E-state index in [1.165, 1.54) is 0 Å². The van der Waals surface area contributed by atoms with E-state index in [4.69, 9.17) is 0 Å². The Kier molecular flexibility index (Phi) is 311. The molecule has 0 aliphatic carbocycles. The molecular formula is CH5Br2Mn-. The number of halogens is 2. The molecule has 0 nitrogen and oxygen atoms in total. The Morgan fingerprint density at radius 1 is 0.750 bits per heavy atom. The minimum Gasteiger partial charge on any atom is -0.358 e. The summed E-state index contributed by atoms with van der Waals surface area (Å²) in [6.07, 6.45) is 0. The molecule has 0 fully saturated rings. The van der Waals surface area contributed by atoms with Crippen LogP contribution in [-0.4, -0.2) is 0 Å². The molecule has 3 heteroatoms. The van der Waals surface area contributed by atoms with Crippen LogP contribution in [0, 0.1) is 7.43 Å². The second-order valence-corrected chi connectivity index (χ2v) is 0. The van der Waals surface area contributed by atoms with Crippen molar-refractivity contribution in [1.82, 2.24) is 0 Å². The van der Waals surface area contributed by atoms with Crippen LogP contribution in [0.3, 0.4) is 0 Å². The standard InChI is InChI=1S/CH3.2BrH.Mn/h1H3;2*1H;/q-1;;;. The summed E-state index contributed by atoms with van der Waals surface area (Å²) in [6, 6.07) is 0. The van der Waals surface area contributed by atoms with Gasteiger partial charge in [0.05, 0.1) is 0 Å². The Bertz CT molecular complexity index is 6.00. The Labute approximate surface area is 58.4 Å². The number of rotatable bonds is 0. The van der Waals surface area contributed by atoms with E-state index in [1.54, 1.807) is 0 Å². The third-order valence-electron chi connectivity index (χ3n) is 0. The quantitative estimate of drug-likeness (QED) is 0.439. The summed E-state index contributed by atoms with van der Waals surface area (Å²) in [7, 11) is 0. The molecule has 0 aromatic carbocycles. The van der Waals surface area contributed by atoms with Crippen molar-refractivity contribution < 1.29 is 17.1 Å². The topological polar surface area (TPSA) is 0 Å². The molecule has 1 radical (unpaired) electrons. The first-order valence-corrected chi connectivity index (χ1v) is 0. The first-order valence-electron chi connectivity index (χ1n) is 0. The van der Waals surface area contributed by atoms with Crippen molar-refractivity contribution in [3.05, 3.63) is 7.43 Å². The molecule has 31 valence electrons. The van der Waals surface area contributed by atoms with Crippen LogP contribution in [0.2, 0.25) is 0 Å². The van der Waals surface area contributed by atoms with Crippen molar-refractivity contribution in [3.63, 3.8) is 0 Å². The summed E-state index contributed by atoms with van der Waals surface area (Å²) in [6.45, 7) is 0. The minimum absolute atomic E-state index is 0. The molecule has 0 aliphatic rings. The van der Waals surface area contributed by atoms with Crippen LogP contribution in [0.4, 0.5) is 0 Å². The maximum Gasteiger partial charge on any atom is 0 e. The Balaban J connectivity index is 0. The zero-order valence-corrected chi connectivity index (χ0v) is 6.80. The van der Waals surface area contributed by atoms with Gasteiger partial charge in [0, 0.05) is 17.1 Å². The summed E-state index contributed by atoms with van der Waals surface area (Å²) in [5.74, 6) is 0. The zero-order chi connectivity index (χ0) is 0. The molecule has 0 spiro atoms. The van der Waals surface area contributed by atoms with Crippen LogP contribution in [0.15, 0.2) is 0 Å². The van der Waals surface area contributed by atoms with Crippen molar-refractivity contribution in [3.8, 4) is 0 Å². The molecule has 4 heavy (non-hydrogen) atoms. The predicted molar refractivity (Wildman–Crippen MR) is 27.1 cm³/mol. The largest absolute Gasteiger partial charge is 0.358 e. The van der Waals surface area contributed by atoms with Gasteiger partial charge in [0.15, 0.2) is 0 Å². The molecular weight excluding hydrogens is 227 g/mol. The van der Waals surface area contributed by atoms with Crippen molar-refractivity contribution >= 4 is 34.0 Å². The maximum atomic E-state index is 0. The van der Waals surface area contributed by atoms with Crippen LogP contribution in [-0.2, 0) is 17.1 Å². The molecule has 0 N–H and O–H groups in total. The van der Waals surface area contributed by atoms with Gasteiger partial charge in [-0.3, -0.25) is 0 Å². The van der Waals surface area contributed by atoms with Gasteiger partial charge in [-0.1, -0.05) is 0 Å². The number of hydrogen-bond donors (Lipinski definition) is 0. The molecule has 0 unspecified atom stereocenters.